The number of para-hydroxylation sites is 2. The molecule has 0 aromatic heterocycles. The van der Waals surface area contributed by atoms with Crippen LogP contribution in [-0.2, 0) is 0 Å². The third-order valence-corrected chi connectivity index (χ3v) is 3.95. The number of ether oxygens (including phenoxy) is 1. The van der Waals surface area contributed by atoms with Crippen LogP contribution in [0.2, 0.25) is 0 Å². The molecule has 0 amide bonds. The molecule has 0 radical (unpaired) electrons. The first-order valence-corrected chi connectivity index (χ1v) is 6.24. The fourth-order valence-electron chi connectivity index (χ4n) is 3.28. The second-order valence-corrected chi connectivity index (χ2v) is 5.07. The summed E-state index contributed by atoms with van der Waals surface area (Å²) in [5.41, 5.74) is 4.12. The summed E-state index contributed by atoms with van der Waals surface area (Å²) in [7, 11) is 0. The van der Waals surface area contributed by atoms with Crippen molar-refractivity contribution in [3.8, 4) is 5.75 Å². The zero-order valence-corrected chi connectivity index (χ0v) is 9.89. The summed E-state index contributed by atoms with van der Waals surface area (Å²) >= 11 is 0. The minimum absolute atomic E-state index is 0.201. The number of hydrogen-bond acceptors (Lipinski definition) is 2. The molecule has 17 heavy (non-hydrogen) atoms. The van der Waals surface area contributed by atoms with Crippen LogP contribution in [0.4, 0.5) is 5.69 Å². The molecule has 86 valence electrons. The largest absolute Gasteiger partial charge is 0.482 e. The summed E-state index contributed by atoms with van der Waals surface area (Å²) < 4.78 is 6.13. The molecule has 2 unspecified atom stereocenters. The first-order chi connectivity index (χ1) is 8.33. The smallest absolute Gasteiger partial charge is 0.143 e. The molecule has 2 aliphatic heterocycles. The molecule has 1 saturated heterocycles. The van der Waals surface area contributed by atoms with Gasteiger partial charge in [0.2, 0.25) is 0 Å². The Bertz CT molecular complexity index is 544. The van der Waals surface area contributed by atoms with Crippen molar-refractivity contribution >= 4 is 5.69 Å². The van der Waals surface area contributed by atoms with Gasteiger partial charge in [0.05, 0.1) is 11.7 Å². The molecule has 1 fully saturated rings. The van der Waals surface area contributed by atoms with Crippen LogP contribution in [0.15, 0.2) is 47.6 Å². The molecule has 1 aliphatic carbocycles. The van der Waals surface area contributed by atoms with Gasteiger partial charge in [0.1, 0.15) is 11.9 Å². The highest BCUT2D eigenvalue weighted by molar-refractivity contribution is 5.65. The summed E-state index contributed by atoms with van der Waals surface area (Å²) in [5, 5.41) is 0. The molecule has 0 spiro atoms. The monoisotopic (exact) mass is 225 g/mol. The van der Waals surface area contributed by atoms with Crippen LogP contribution in [0.25, 0.3) is 0 Å². The Hall–Kier alpha value is -1.70. The van der Waals surface area contributed by atoms with E-state index in [9.17, 15) is 0 Å². The molecule has 1 aromatic carbocycles. The fraction of sp³-hybridized carbons (Fsp3) is 0.333. The Morgan fingerprint density at radius 3 is 3.12 bits per heavy atom. The highest BCUT2D eigenvalue weighted by Gasteiger charge is 2.42. The average molecular weight is 225 g/mol. The summed E-state index contributed by atoms with van der Waals surface area (Å²) in [5.74, 6) is 1.03. The van der Waals surface area contributed by atoms with Crippen LogP contribution < -0.4 is 9.64 Å². The van der Waals surface area contributed by atoms with Gasteiger partial charge in [-0.25, -0.2) is 0 Å². The normalized spacial score (nSPS) is 28.9. The second-order valence-electron chi connectivity index (χ2n) is 5.07. The molecule has 2 heterocycles. The van der Waals surface area contributed by atoms with Gasteiger partial charge in [-0.3, -0.25) is 0 Å². The zero-order chi connectivity index (χ0) is 11.4. The van der Waals surface area contributed by atoms with Crippen molar-refractivity contribution in [2.75, 3.05) is 11.4 Å². The van der Waals surface area contributed by atoms with Gasteiger partial charge in [-0.15, -0.1) is 0 Å². The van der Waals surface area contributed by atoms with E-state index in [4.69, 9.17) is 4.74 Å². The lowest BCUT2D eigenvalue weighted by atomic mass is 9.92. The Labute approximate surface area is 101 Å². The minimum Gasteiger partial charge on any atom is -0.482 e. The van der Waals surface area contributed by atoms with E-state index in [0.717, 1.165) is 12.3 Å². The fourth-order valence-corrected chi connectivity index (χ4v) is 3.28. The van der Waals surface area contributed by atoms with E-state index < -0.39 is 0 Å². The number of allylic oxidation sites excluding steroid dienone is 2. The molecule has 2 nitrogen and oxygen atoms in total. The van der Waals surface area contributed by atoms with Crippen LogP contribution in [0, 0.1) is 0 Å². The number of rotatable bonds is 0. The summed E-state index contributed by atoms with van der Waals surface area (Å²) in [4.78, 5) is 2.50. The maximum absolute atomic E-state index is 6.13. The van der Waals surface area contributed by atoms with E-state index in [0.29, 0.717) is 6.04 Å². The summed E-state index contributed by atoms with van der Waals surface area (Å²) in [6, 6.07) is 8.82. The van der Waals surface area contributed by atoms with Gasteiger partial charge < -0.3 is 9.64 Å². The van der Waals surface area contributed by atoms with E-state index >= 15 is 0 Å². The molecule has 0 bridgehead atoms. The number of benzene rings is 1. The Morgan fingerprint density at radius 2 is 2.18 bits per heavy atom. The maximum atomic E-state index is 6.13. The van der Waals surface area contributed by atoms with Crippen molar-refractivity contribution < 1.29 is 4.74 Å². The van der Waals surface area contributed by atoms with Gasteiger partial charge >= 0.3 is 0 Å². The van der Waals surface area contributed by atoms with Crippen molar-refractivity contribution in [2.24, 2.45) is 0 Å². The number of nitrogens with zero attached hydrogens (tertiary/aromatic N) is 1. The van der Waals surface area contributed by atoms with Crippen LogP contribution in [0.3, 0.4) is 0 Å². The molecule has 3 aliphatic rings. The maximum Gasteiger partial charge on any atom is 0.143 e. The SMILES string of the molecule is CC1=CC2Oc3ccccc3N3CCC(=C1)C23. The topological polar surface area (TPSA) is 12.5 Å². The van der Waals surface area contributed by atoms with E-state index in [1.165, 1.54) is 23.3 Å². The highest BCUT2D eigenvalue weighted by atomic mass is 16.5. The number of fused-ring (bicyclic) bond motifs is 2. The Kier molecular flexibility index (Phi) is 1.74. The zero-order valence-electron chi connectivity index (χ0n) is 9.89. The van der Waals surface area contributed by atoms with E-state index in [-0.39, 0.29) is 6.10 Å². The van der Waals surface area contributed by atoms with Crippen molar-refractivity contribution in [2.45, 2.75) is 25.5 Å². The van der Waals surface area contributed by atoms with Crippen molar-refractivity contribution in [3.63, 3.8) is 0 Å². The van der Waals surface area contributed by atoms with Gasteiger partial charge in [-0.1, -0.05) is 23.8 Å². The third kappa shape index (κ3) is 1.21. The Balaban J connectivity index is 1.88. The number of anilines is 1. The van der Waals surface area contributed by atoms with Crippen LogP contribution in [0.1, 0.15) is 13.3 Å². The van der Waals surface area contributed by atoms with Crippen LogP contribution >= 0.6 is 0 Å². The van der Waals surface area contributed by atoms with Crippen LogP contribution in [0.5, 0.6) is 5.75 Å². The van der Waals surface area contributed by atoms with Crippen molar-refractivity contribution in [1.82, 2.24) is 0 Å². The molecule has 4 rings (SSSR count). The van der Waals surface area contributed by atoms with Crippen molar-refractivity contribution in [3.05, 3.63) is 47.6 Å². The van der Waals surface area contributed by atoms with Gasteiger partial charge in [0.25, 0.3) is 0 Å². The summed E-state index contributed by atoms with van der Waals surface area (Å²) in [6.07, 6.45) is 5.96. The lowest BCUT2D eigenvalue weighted by molar-refractivity contribution is 0.213. The highest BCUT2D eigenvalue weighted by Crippen LogP contribution is 2.44. The van der Waals surface area contributed by atoms with Gasteiger partial charge in [0, 0.05) is 6.54 Å². The molecule has 2 atom stereocenters. The van der Waals surface area contributed by atoms with E-state index in [1.807, 2.05) is 6.07 Å². The molecular formula is C15H15NO. The van der Waals surface area contributed by atoms with Gasteiger partial charge in [0.15, 0.2) is 0 Å². The number of hydrogen-bond donors (Lipinski definition) is 0. The third-order valence-electron chi connectivity index (χ3n) is 3.95. The van der Waals surface area contributed by atoms with E-state index in [2.05, 4.69) is 42.2 Å². The van der Waals surface area contributed by atoms with Crippen LogP contribution in [-0.4, -0.2) is 18.7 Å². The standard InChI is InChI=1S/C15H15NO/c1-10-8-11-6-7-16-12-4-2-3-5-13(12)17-14(9-10)15(11)16/h2-5,8-9,14-15H,6-7H2,1H3. The quantitative estimate of drug-likeness (QED) is 0.673. The molecular weight excluding hydrogens is 210 g/mol. The first-order valence-electron chi connectivity index (χ1n) is 6.24. The summed E-state index contributed by atoms with van der Waals surface area (Å²) in [6.45, 7) is 3.28. The molecule has 2 heteroatoms. The lowest BCUT2D eigenvalue weighted by Crippen LogP contribution is -2.46. The predicted octanol–water partition coefficient (Wildman–Crippen LogP) is 2.91. The minimum atomic E-state index is 0.201. The molecule has 0 saturated carbocycles. The second kappa shape index (κ2) is 3.16. The van der Waals surface area contributed by atoms with Gasteiger partial charge in [-0.05, 0) is 37.1 Å². The first kappa shape index (κ1) is 9.34. The predicted molar refractivity (Wildman–Crippen MR) is 68.4 cm³/mol. The lowest BCUT2D eigenvalue weighted by Gasteiger charge is -2.40. The van der Waals surface area contributed by atoms with Gasteiger partial charge in [-0.2, -0.15) is 0 Å². The molecule has 0 N–H and O–H groups in total. The average Bonchev–Trinajstić information content (AvgIpc) is 2.74. The molecule has 1 aromatic rings. The Morgan fingerprint density at radius 1 is 1.29 bits per heavy atom. The van der Waals surface area contributed by atoms with E-state index in [1.54, 1.807) is 0 Å². The van der Waals surface area contributed by atoms with Crippen molar-refractivity contribution in [1.29, 1.82) is 0 Å².